The van der Waals surface area contributed by atoms with Crippen LogP contribution in [-0.2, 0) is 0 Å². The van der Waals surface area contributed by atoms with Gasteiger partial charge >= 0.3 is 0 Å². The molecule has 0 aliphatic heterocycles. The van der Waals surface area contributed by atoms with Crippen LogP contribution in [0.4, 0.5) is 0 Å². The molecular weight excluding hydrogens is 108 g/mol. The van der Waals surface area contributed by atoms with Crippen molar-refractivity contribution in [3.05, 3.63) is 23.0 Å². The summed E-state index contributed by atoms with van der Waals surface area (Å²) in [5, 5.41) is 6.07. The zero-order valence-electron chi connectivity index (χ0n) is 3.51. The molecule has 1 radical (unpaired) electrons. The van der Waals surface area contributed by atoms with E-state index in [0.29, 0.717) is 4.64 Å². The van der Waals surface area contributed by atoms with Crippen molar-refractivity contribution >= 4 is 12.2 Å². The lowest BCUT2D eigenvalue weighted by atomic mass is 10.6. The number of aromatic nitrogens is 2. The number of H-pyrrole nitrogens is 1. The highest BCUT2D eigenvalue weighted by Crippen LogP contribution is 1.75. The summed E-state index contributed by atoms with van der Waals surface area (Å²) in [6.07, 6.45) is 2.56. The molecule has 1 N–H and O–H groups in total. The van der Waals surface area contributed by atoms with E-state index in [9.17, 15) is 0 Å². The molecule has 7 heavy (non-hydrogen) atoms. The van der Waals surface area contributed by atoms with Gasteiger partial charge in [-0.05, 0) is 12.1 Å². The predicted octanol–water partition coefficient (Wildman–Crippen LogP) is 0.939. The minimum Gasteiger partial charge on any atom is -0.267 e. The molecule has 1 aromatic rings. The van der Waals surface area contributed by atoms with Gasteiger partial charge in [0.05, 0.1) is 0 Å². The lowest BCUT2D eigenvalue weighted by molar-refractivity contribution is 1.01. The first-order valence-corrected chi connectivity index (χ1v) is 2.22. The molecule has 0 aromatic carbocycles. The first kappa shape index (κ1) is 4.46. The largest absolute Gasteiger partial charge is 0.267 e. The second kappa shape index (κ2) is 1.84. The maximum Gasteiger partial charge on any atom is 0.119 e. The van der Waals surface area contributed by atoms with Gasteiger partial charge in [-0.3, -0.25) is 5.10 Å². The number of nitrogens with one attached hydrogen (secondary N) is 1. The third-order valence-corrected chi connectivity index (χ3v) is 0.767. The van der Waals surface area contributed by atoms with E-state index >= 15 is 0 Å². The Morgan fingerprint density at radius 2 is 2.71 bits per heavy atom. The normalized spacial score (nSPS) is 8.57. The minimum atomic E-state index is 0.638. The molecule has 0 atom stereocenters. The number of hydrogen-bond donors (Lipinski definition) is 1. The molecule has 35 valence electrons. The topological polar surface area (TPSA) is 28.7 Å². The zero-order valence-corrected chi connectivity index (χ0v) is 4.33. The summed E-state index contributed by atoms with van der Waals surface area (Å²) in [6, 6.07) is 3.39. The number of hydrogen-bond acceptors (Lipinski definition) is 2. The summed E-state index contributed by atoms with van der Waals surface area (Å²) >= 11 is 4.67. The average molecular weight is 111 g/mol. The van der Waals surface area contributed by atoms with Crippen molar-refractivity contribution in [2.45, 2.75) is 0 Å². The van der Waals surface area contributed by atoms with Gasteiger partial charge in [0.25, 0.3) is 0 Å². The summed E-state index contributed by atoms with van der Waals surface area (Å²) in [7, 11) is 0. The van der Waals surface area contributed by atoms with Gasteiger partial charge in [-0.25, -0.2) is 0 Å². The van der Waals surface area contributed by atoms with Crippen LogP contribution in [0.3, 0.4) is 0 Å². The molecule has 0 aliphatic carbocycles. The van der Waals surface area contributed by atoms with Crippen LogP contribution in [0.25, 0.3) is 0 Å². The fraction of sp³-hybridized carbons (Fsp3) is 0. The smallest absolute Gasteiger partial charge is 0.119 e. The van der Waals surface area contributed by atoms with Gasteiger partial charge in [-0.15, -0.1) is 0 Å². The quantitative estimate of drug-likeness (QED) is 0.505. The highest BCUT2D eigenvalue weighted by Gasteiger charge is 1.67. The summed E-state index contributed by atoms with van der Waals surface area (Å²) in [4.78, 5) is 0. The van der Waals surface area contributed by atoms with Gasteiger partial charge < -0.3 is 0 Å². The van der Waals surface area contributed by atoms with Gasteiger partial charge in [0.2, 0.25) is 0 Å². The average Bonchev–Trinajstić information content (AvgIpc) is 1.69. The summed E-state index contributed by atoms with van der Waals surface area (Å²) < 4.78 is 0.638. The molecule has 0 amide bonds. The summed E-state index contributed by atoms with van der Waals surface area (Å²) in [6.45, 7) is 0. The molecule has 0 saturated heterocycles. The molecule has 0 fully saturated rings. The van der Waals surface area contributed by atoms with Crippen molar-refractivity contribution < 1.29 is 0 Å². The standard InChI is InChI=1S/C4H3N2S/c7-4-2-1-3-5-6-4/h1-2H,(H,6,7). The Morgan fingerprint density at radius 1 is 1.86 bits per heavy atom. The molecule has 1 heterocycles. The minimum absolute atomic E-state index is 0.638. The Balaban J connectivity index is 3.28. The molecular formula is C4H3N2S. The fourth-order valence-corrected chi connectivity index (χ4v) is 0.389. The van der Waals surface area contributed by atoms with E-state index in [1.807, 2.05) is 0 Å². The van der Waals surface area contributed by atoms with Crippen molar-refractivity contribution in [3.63, 3.8) is 0 Å². The first-order chi connectivity index (χ1) is 3.39. The van der Waals surface area contributed by atoms with E-state index in [2.05, 4.69) is 28.6 Å². The van der Waals surface area contributed by atoms with Crippen LogP contribution >= 0.6 is 12.2 Å². The van der Waals surface area contributed by atoms with Crippen LogP contribution in [0.15, 0.2) is 12.1 Å². The van der Waals surface area contributed by atoms with Crippen LogP contribution in [0, 0.1) is 10.8 Å². The van der Waals surface area contributed by atoms with Crippen molar-refractivity contribution in [2.24, 2.45) is 0 Å². The van der Waals surface area contributed by atoms with Crippen LogP contribution in [0.1, 0.15) is 0 Å². The van der Waals surface area contributed by atoms with Crippen molar-refractivity contribution in [2.75, 3.05) is 0 Å². The SMILES string of the molecule is S=c1cc[c]n[nH]1. The third-order valence-electron chi connectivity index (χ3n) is 0.540. The Morgan fingerprint density at radius 3 is 3.00 bits per heavy atom. The molecule has 0 spiro atoms. The van der Waals surface area contributed by atoms with E-state index in [1.165, 1.54) is 0 Å². The van der Waals surface area contributed by atoms with E-state index in [1.54, 1.807) is 12.1 Å². The molecule has 0 aliphatic rings. The van der Waals surface area contributed by atoms with Gasteiger partial charge in [0.15, 0.2) is 0 Å². The molecule has 3 heteroatoms. The van der Waals surface area contributed by atoms with Crippen LogP contribution in [0.5, 0.6) is 0 Å². The van der Waals surface area contributed by atoms with Gasteiger partial charge in [-0.1, -0.05) is 12.2 Å². The Hall–Kier alpha value is -0.700. The van der Waals surface area contributed by atoms with E-state index < -0.39 is 0 Å². The second-order valence-corrected chi connectivity index (χ2v) is 1.49. The number of rotatable bonds is 0. The second-order valence-electron chi connectivity index (χ2n) is 1.05. The monoisotopic (exact) mass is 111 g/mol. The molecule has 2 nitrogen and oxygen atoms in total. The van der Waals surface area contributed by atoms with Gasteiger partial charge in [0.1, 0.15) is 10.8 Å². The summed E-state index contributed by atoms with van der Waals surface area (Å²) in [5.41, 5.74) is 0. The first-order valence-electron chi connectivity index (χ1n) is 1.81. The molecule has 1 aromatic heterocycles. The van der Waals surface area contributed by atoms with Crippen molar-refractivity contribution in [1.29, 1.82) is 0 Å². The predicted molar refractivity (Wildman–Crippen MR) is 28.3 cm³/mol. The number of nitrogens with zero attached hydrogens (tertiary/aromatic N) is 1. The molecule has 0 bridgehead atoms. The highest BCUT2D eigenvalue weighted by molar-refractivity contribution is 7.71. The molecule has 1 rings (SSSR count). The maximum absolute atomic E-state index is 4.67. The highest BCUT2D eigenvalue weighted by atomic mass is 32.1. The summed E-state index contributed by atoms with van der Waals surface area (Å²) in [5.74, 6) is 0. The lowest BCUT2D eigenvalue weighted by Crippen LogP contribution is -1.75. The van der Waals surface area contributed by atoms with E-state index in [0.717, 1.165) is 0 Å². The lowest BCUT2D eigenvalue weighted by Gasteiger charge is -1.74. The van der Waals surface area contributed by atoms with Gasteiger partial charge in [-0.2, -0.15) is 5.10 Å². The maximum atomic E-state index is 4.67. The molecule has 0 unspecified atom stereocenters. The van der Waals surface area contributed by atoms with Crippen LogP contribution < -0.4 is 0 Å². The van der Waals surface area contributed by atoms with E-state index in [4.69, 9.17) is 0 Å². The van der Waals surface area contributed by atoms with E-state index in [-0.39, 0.29) is 0 Å². The Kier molecular flexibility index (Phi) is 1.17. The molecule has 0 saturated carbocycles. The van der Waals surface area contributed by atoms with Crippen LogP contribution in [0.2, 0.25) is 0 Å². The van der Waals surface area contributed by atoms with Crippen molar-refractivity contribution in [1.82, 2.24) is 10.2 Å². The Labute approximate surface area is 46.2 Å². The van der Waals surface area contributed by atoms with Gasteiger partial charge in [0, 0.05) is 0 Å². The van der Waals surface area contributed by atoms with Crippen molar-refractivity contribution in [3.8, 4) is 0 Å². The third kappa shape index (κ3) is 1.08. The zero-order chi connectivity index (χ0) is 5.11. The number of aromatic amines is 1. The van der Waals surface area contributed by atoms with Crippen LogP contribution in [-0.4, -0.2) is 10.2 Å². The fourth-order valence-electron chi connectivity index (χ4n) is 0.275. The Bertz CT molecular complexity index is 175.